The quantitative estimate of drug-likeness (QED) is 0.796. The standard InChI is InChI=1S/C17H21N3O/c1-12-5-4-6-16(11-12)20-17(21)19-15-9-7-14(8-10-15)13(2)18-3/h4-11,13,18H,1-3H3,(H2,19,20,21). The van der Waals surface area contributed by atoms with Crippen molar-refractivity contribution in [2.45, 2.75) is 19.9 Å². The summed E-state index contributed by atoms with van der Waals surface area (Å²) in [6.07, 6.45) is 0. The molecular weight excluding hydrogens is 262 g/mol. The fourth-order valence-corrected chi connectivity index (χ4v) is 2.04. The van der Waals surface area contributed by atoms with Gasteiger partial charge in [-0.2, -0.15) is 0 Å². The highest BCUT2D eigenvalue weighted by Crippen LogP contribution is 2.16. The Bertz CT molecular complexity index is 608. The van der Waals surface area contributed by atoms with E-state index < -0.39 is 0 Å². The van der Waals surface area contributed by atoms with Crippen LogP contribution < -0.4 is 16.0 Å². The van der Waals surface area contributed by atoms with Gasteiger partial charge in [-0.15, -0.1) is 0 Å². The van der Waals surface area contributed by atoms with Crippen LogP contribution in [0.15, 0.2) is 48.5 Å². The molecule has 0 aromatic heterocycles. The Hall–Kier alpha value is -2.33. The Morgan fingerprint density at radius 3 is 2.29 bits per heavy atom. The molecule has 21 heavy (non-hydrogen) atoms. The second-order valence-corrected chi connectivity index (χ2v) is 5.08. The van der Waals surface area contributed by atoms with E-state index in [4.69, 9.17) is 0 Å². The number of aryl methyl sites for hydroxylation is 1. The molecule has 1 atom stereocenters. The molecule has 0 spiro atoms. The SMILES string of the molecule is CNC(C)c1ccc(NC(=O)Nc2cccc(C)c2)cc1. The maximum absolute atomic E-state index is 11.9. The van der Waals surface area contributed by atoms with Gasteiger partial charge in [0.1, 0.15) is 0 Å². The highest BCUT2D eigenvalue weighted by molar-refractivity contribution is 5.99. The topological polar surface area (TPSA) is 53.2 Å². The first-order chi connectivity index (χ1) is 10.1. The fourth-order valence-electron chi connectivity index (χ4n) is 2.04. The summed E-state index contributed by atoms with van der Waals surface area (Å²) in [5.74, 6) is 0. The zero-order chi connectivity index (χ0) is 15.2. The van der Waals surface area contributed by atoms with Gasteiger partial charge >= 0.3 is 6.03 Å². The molecule has 0 saturated heterocycles. The Labute approximate surface area is 125 Å². The number of anilines is 2. The van der Waals surface area contributed by atoms with Gasteiger partial charge in [0.15, 0.2) is 0 Å². The molecule has 0 fully saturated rings. The van der Waals surface area contributed by atoms with Gasteiger partial charge in [0.2, 0.25) is 0 Å². The van der Waals surface area contributed by atoms with Gasteiger partial charge < -0.3 is 16.0 Å². The molecule has 0 aliphatic heterocycles. The van der Waals surface area contributed by atoms with E-state index in [-0.39, 0.29) is 6.03 Å². The monoisotopic (exact) mass is 283 g/mol. The number of benzene rings is 2. The van der Waals surface area contributed by atoms with Gasteiger partial charge in [-0.25, -0.2) is 4.79 Å². The zero-order valence-electron chi connectivity index (χ0n) is 12.6. The van der Waals surface area contributed by atoms with Crippen molar-refractivity contribution in [3.8, 4) is 0 Å². The summed E-state index contributed by atoms with van der Waals surface area (Å²) in [4.78, 5) is 11.9. The molecule has 2 aromatic carbocycles. The lowest BCUT2D eigenvalue weighted by Gasteiger charge is -2.12. The van der Waals surface area contributed by atoms with Gasteiger partial charge in [-0.1, -0.05) is 24.3 Å². The second kappa shape index (κ2) is 6.90. The molecule has 0 aliphatic carbocycles. The van der Waals surface area contributed by atoms with Crippen LogP contribution in [0.2, 0.25) is 0 Å². The van der Waals surface area contributed by atoms with E-state index in [2.05, 4.69) is 22.9 Å². The maximum Gasteiger partial charge on any atom is 0.323 e. The first-order valence-corrected chi connectivity index (χ1v) is 7.00. The molecule has 2 amide bonds. The molecule has 4 nitrogen and oxygen atoms in total. The minimum atomic E-state index is -0.241. The summed E-state index contributed by atoms with van der Waals surface area (Å²) >= 11 is 0. The molecule has 110 valence electrons. The van der Waals surface area contributed by atoms with E-state index >= 15 is 0 Å². The molecule has 1 unspecified atom stereocenters. The lowest BCUT2D eigenvalue weighted by atomic mass is 10.1. The van der Waals surface area contributed by atoms with Crippen molar-refractivity contribution in [2.75, 3.05) is 17.7 Å². The van der Waals surface area contributed by atoms with Crippen molar-refractivity contribution in [3.63, 3.8) is 0 Å². The highest BCUT2D eigenvalue weighted by atomic mass is 16.2. The van der Waals surface area contributed by atoms with Gasteiger partial charge in [0.25, 0.3) is 0 Å². The summed E-state index contributed by atoms with van der Waals surface area (Å²) in [7, 11) is 1.92. The molecule has 3 N–H and O–H groups in total. The van der Waals surface area contributed by atoms with Crippen LogP contribution in [-0.2, 0) is 0 Å². The number of urea groups is 1. The smallest absolute Gasteiger partial charge is 0.313 e. The third-order valence-electron chi connectivity index (χ3n) is 3.38. The van der Waals surface area contributed by atoms with Crippen LogP contribution in [0, 0.1) is 6.92 Å². The molecule has 0 heterocycles. The summed E-state index contributed by atoms with van der Waals surface area (Å²) in [6.45, 7) is 4.08. The number of hydrogen-bond acceptors (Lipinski definition) is 2. The van der Waals surface area contributed by atoms with Gasteiger partial charge in [-0.3, -0.25) is 0 Å². The molecule has 0 radical (unpaired) electrons. The Kier molecular flexibility index (Phi) is 4.95. The molecular formula is C17H21N3O. The van der Waals surface area contributed by atoms with Crippen LogP contribution in [0.25, 0.3) is 0 Å². The van der Waals surface area contributed by atoms with E-state index in [1.165, 1.54) is 5.56 Å². The normalized spacial score (nSPS) is 11.8. The molecule has 0 aliphatic rings. The third-order valence-corrected chi connectivity index (χ3v) is 3.38. The largest absolute Gasteiger partial charge is 0.323 e. The van der Waals surface area contributed by atoms with Gasteiger partial charge in [-0.05, 0) is 56.3 Å². The molecule has 0 saturated carbocycles. The van der Waals surface area contributed by atoms with Crippen molar-refractivity contribution in [2.24, 2.45) is 0 Å². The van der Waals surface area contributed by atoms with Crippen LogP contribution >= 0.6 is 0 Å². The zero-order valence-corrected chi connectivity index (χ0v) is 12.6. The number of rotatable bonds is 4. The Balaban J connectivity index is 1.96. The number of hydrogen-bond donors (Lipinski definition) is 3. The number of carbonyl (C=O) groups excluding carboxylic acids is 1. The fraction of sp³-hybridized carbons (Fsp3) is 0.235. The van der Waals surface area contributed by atoms with Crippen LogP contribution in [0.5, 0.6) is 0 Å². The lowest BCUT2D eigenvalue weighted by Crippen LogP contribution is -2.19. The van der Waals surface area contributed by atoms with Crippen molar-refractivity contribution in [1.82, 2.24) is 5.32 Å². The van der Waals surface area contributed by atoms with Crippen LogP contribution in [0.4, 0.5) is 16.2 Å². The van der Waals surface area contributed by atoms with E-state index in [0.29, 0.717) is 6.04 Å². The van der Waals surface area contributed by atoms with E-state index in [9.17, 15) is 4.79 Å². The van der Waals surface area contributed by atoms with E-state index in [1.54, 1.807) is 0 Å². The predicted molar refractivity (Wildman–Crippen MR) is 87.7 cm³/mol. The summed E-state index contributed by atoms with van der Waals surface area (Å²) in [5, 5.41) is 8.82. The minimum absolute atomic E-state index is 0.241. The second-order valence-electron chi connectivity index (χ2n) is 5.08. The average Bonchev–Trinajstić information content (AvgIpc) is 2.47. The molecule has 2 aromatic rings. The summed E-state index contributed by atoms with van der Waals surface area (Å²) in [5.41, 5.74) is 3.85. The van der Waals surface area contributed by atoms with Gasteiger partial charge in [0, 0.05) is 17.4 Å². The highest BCUT2D eigenvalue weighted by Gasteiger charge is 2.05. The van der Waals surface area contributed by atoms with Crippen LogP contribution in [0.1, 0.15) is 24.1 Å². The van der Waals surface area contributed by atoms with Crippen molar-refractivity contribution in [3.05, 3.63) is 59.7 Å². The van der Waals surface area contributed by atoms with Crippen LogP contribution in [-0.4, -0.2) is 13.1 Å². The van der Waals surface area contributed by atoms with E-state index in [1.807, 2.05) is 62.5 Å². The summed E-state index contributed by atoms with van der Waals surface area (Å²) in [6, 6.07) is 15.6. The first-order valence-electron chi connectivity index (χ1n) is 7.00. The van der Waals surface area contributed by atoms with Crippen molar-refractivity contribution >= 4 is 17.4 Å². The first kappa shape index (κ1) is 15.1. The molecule has 2 rings (SSSR count). The number of amides is 2. The molecule has 0 bridgehead atoms. The number of carbonyl (C=O) groups is 1. The van der Waals surface area contributed by atoms with Gasteiger partial charge in [0.05, 0.1) is 0 Å². The third kappa shape index (κ3) is 4.33. The van der Waals surface area contributed by atoms with Crippen molar-refractivity contribution < 1.29 is 4.79 Å². The van der Waals surface area contributed by atoms with E-state index in [0.717, 1.165) is 16.9 Å². The molecule has 4 heteroatoms. The Morgan fingerprint density at radius 1 is 1.00 bits per heavy atom. The summed E-state index contributed by atoms with van der Waals surface area (Å²) < 4.78 is 0. The average molecular weight is 283 g/mol. The Morgan fingerprint density at radius 2 is 1.67 bits per heavy atom. The van der Waals surface area contributed by atoms with Crippen molar-refractivity contribution in [1.29, 1.82) is 0 Å². The maximum atomic E-state index is 11.9. The predicted octanol–water partition coefficient (Wildman–Crippen LogP) is 3.92. The number of nitrogens with one attached hydrogen (secondary N) is 3. The van der Waals surface area contributed by atoms with Crippen LogP contribution in [0.3, 0.4) is 0 Å². The lowest BCUT2D eigenvalue weighted by molar-refractivity contribution is 0.262. The minimum Gasteiger partial charge on any atom is -0.313 e.